The lowest BCUT2D eigenvalue weighted by atomic mass is 10.1. The Bertz CT molecular complexity index is 1510. The number of aromatic nitrogens is 3. The molecule has 5 rings (SSSR count). The second-order valence-electron chi connectivity index (χ2n) is 8.44. The van der Waals surface area contributed by atoms with Gasteiger partial charge in [0.15, 0.2) is 0 Å². The normalized spacial score (nSPS) is 14.6. The van der Waals surface area contributed by atoms with E-state index in [4.69, 9.17) is 28.6 Å². The van der Waals surface area contributed by atoms with Gasteiger partial charge < -0.3 is 15.0 Å². The molecule has 4 aromatic rings. The number of hydrogen-bond acceptors (Lipinski definition) is 5. The van der Waals surface area contributed by atoms with Crippen molar-refractivity contribution in [2.24, 2.45) is 0 Å². The van der Waals surface area contributed by atoms with Crippen LogP contribution in [0.1, 0.15) is 33.1 Å². The summed E-state index contributed by atoms with van der Waals surface area (Å²) in [6.45, 7) is 0.180. The van der Waals surface area contributed by atoms with Crippen LogP contribution in [0, 0.1) is 11.8 Å². The SMILES string of the molecule is CN1C(=S)[C@@H](NC(=O)c2n[nH]c(Cc3ccccc3)n2)COc2ccc(C#Cc3ccc(Cl)cc3)cc21. The standard InChI is InChI=1S/C28H22ClN5O2S/c1-34-23-15-20(8-7-18-9-12-21(29)13-10-18)11-14-24(23)36-17-22(28(34)37)30-27(35)26-31-25(32-33-26)16-19-5-3-2-4-6-19/h2-6,9-15,22H,16-17H2,1H3,(H,30,35)(H,31,32,33)/t22-/m0/s1. The molecule has 0 aliphatic carbocycles. The largest absolute Gasteiger partial charge is 0.489 e. The molecule has 0 saturated carbocycles. The lowest BCUT2D eigenvalue weighted by Gasteiger charge is -2.23. The molecule has 1 aromatic heterocycles. The number of ether oxygens (including phenoxy) is 1. The summed E-state index contributed by atoms with van der Waals surface area (Å²) >= 11 is 11.7. The monoisotopic (exact) mass is 527 g/mol. The van der Waals surface area contributed by atoms with Gasteiger partial charge in [-0.3, -0.25) is 9.89 Å². The van der Waals surface area contributed by atoms with Crippen LogP contribution in [0.2, 0.25) is 5.02 Å². The van der Waals surface area contributed by atoms with Crippen molar-refractivity contribution < 1.29 is 9.53 Å². The highest BCUT2D eigenvalue weighted by Gasteiger charge is 2.29. The minimum Gasteiger partial charge on any atom is -0.489 e. The second kappa shape index (κ2) is 10.8. The Morgan fingerprint density at radius 2 is 1.86 bits per heavy atom. The number of halogens is 1. The highest BCUT2D eigenvalue weighted by Crippen LogP contribution is 2.32. The number of carbonyl (C=O) groups excluding carboxylic acids is 1. The summed E-state index contributed by atoms with van der Waals surface area (Å²) in [6.07, 6.45) is 0.549. The number of hydrogen-bond donors (Lipinski definition) is 2. The van der Waals surface area contributed by atoms with E-state index < -0.39 is 11.9 Å². The average molecular weight is 528 g/mol. The highest BCUT2D eigenvalue weighted by molar-refractivity contribution is 7.80. The molecule has 1 amide bonds. The van der Waals surface area contributed by atoms with Crippen molar-refractivity contribution in [1.82, 2.24) is 20.5 Å². The molecule has 2 heterocycles. The third-order valence-corrected chi connectivity index (χ3v) is 6.61. The van der Waals surface area contributed by atoms with E-state index in [1.807, 2.05) is 72.6 Å². The minimum absolute atomic E-state index is 0.0536. The number of nitrogens with one attached hydrogen (secondary N) is 2. The maximum Gasteiger partial charge on any atom is 0.291 e. The fourth-order valence-corrected chi connectivity index (χ4v) is 4.20. The van der Waals surface area contributed by atoms with Crippen molar-refractivity contribution in [3.8, 4) is 17.6 Å². The summed E-state index contributed by atoms with van der Waals surface area (Å²) in [5.74, 6) is 7.18. The molecule has 9 heteroatoms. The van der Waals surface area contributed by atoms with Gasteiger partial charge in [-0.25, -0.2) is 4.98 Å². The first-order chi connectivity index (χ1) is 18.0. The van der Waals surface area contributed by atoms with Gasteiger partial charge in [-0.05, 0) is 48.0 Å². The lowest BCUT2D eigenvalue weighted by molar-refractivity contribution is 0.0927. The van der Waals surface area contributed by atoms with Gasteiger partial charge in [0, 0.05) is 29.6 Å². The number of thiocarbonyl (C=S) groups is 1. The smallest absolute Gasteiger partial charge is 0.291 e. The van der Waals surface area contributed by atoms with Gasteiger partial charge in [0.2, 0.25) is 5.82 Å². The summed E-state index contributed by atoms with van der Waals surface area (Å²) < 4.78 is 6.00. The van der Waals surface area contributed by atoms with Crippen LogP contribution in [0.5, 0.6) is 5.75 Å². The Morgan fingerprint density at radius 1 is 1.14 bits per heavy atom. The van der Waals surface area contributed by atoms with Crippen molar-refractivity contribution in [3.63, 3.8) is 0 Å². The van der Waals surface area contributed by atoms with Crippen LogP contribution in [0.25, 0.3) is 0 Å². The third-order valence-electron chi connectivity index (χ3n) is 5.80. The van der Waals surface area contributed by atoms with Crippen molar-refractivity contribution in [2.45, 2.75) is 12.5 Å². The Hall–Kier alpha value is -4.19. The van der Waals surface area contributed by atoms with E-state index in [1.54, 1.807) is 12.1 Å². The summed E-state index contributed by atoms with van der Waals surface area (Å²) in [4.78, 5) is 19.6. The Morgan fingerprint density at radius 3 is 2.65 bits per heavy atom. The van der Waals surface area contributed by atoms with Crippen LogP contribution in [0.15, 0.2) is 72.8 Å². The third kappa shape index (κ3) is 5.80. The number of H-pyrrole nitrogens is 1. The molecular formula is C28H22ClN5O2S. The number of fused-ring (bicyclic) bond motifs is 1. The number of carbonyl (C=O) groups is 1. The van der Waals surface area contributed by atoms with E-state index in [1.165, 1.54) is 0 Å². The summed E-state index contributed by atoms with van der Waals surface area (Å²) in [6, 6.07) is 22.3. The van der Waals surface area contributed by atoms with Gasteiger partial charge in [-0.2, -0.15) is 0 Å². The van der Waals surface area contributed by atoms with Crippen molar-refractivity contribution >= 4 is 40.4 Å². The Kier molecular flexibility index (Phi) is 7.17. The van der Waals surface area contributed by atoms with Gasteiger partial charge in [-0.15, -0.1) is 5.10 Å². The second-order valence-corrected chi connectivity index (χ2v) is 9.30. The highest BCUT2D eigenvalue weighted by atomic mass is 35.5. The molecule has 0 unspecified atom stereocenters. The average Bonchev–Trinajstić information content (AvgIpc) is 3.35. The van der Waals surface area contributed by atoms with Crippen molar-refractivity contribution in [3.05, 3.63) is 106 Å². The number of anilines is 1. The van der Waals surface area contributed by atoms with Crippen LogP contribution in [0.3, 0.4) is 0 Å². The molecule has 37 heavy (non-hydrogen) atoms. The first-order valence-corrected chi connectivity index (χ1v) is 12.3. The fraction of sp³-hybridized carbons (Fsp3) is 0.143. The molecule has 3 aromatic carbocycles. The van der Waals surface area contributed by atoms with Gasteiger partial charge in [0.05, 0.1) is 5.69 Å². The van der Waals surface area contributed by atoms with E-state index in [9.17, 15) is 4.79 Å². The number of likely N-dealkylation sites (N-methyl/N-ethyl adjacent to an activating group) is 1. The molecular weight excluding hydrogens is 506 g/mol. The number of aromatic amines is 1. The Balaban J connectivity index is 1.27. The molecule has 1 atom stereocenters. The Labute approximate surface area is 224 Å². The molecule has 0 fully saturated rings. The van der Waals surface area contributed by atoms with Gasteiger partial charge >= 0.3 is 0 Å². The van der Waals surface area contributed by atoms with E-state index in [-0.39, 0.29) is 12.4 Å². The predicted molar refractivity (Wildman–Crippen MR) is 147 cm³/mol. The van der Waals surface area contributed by atoms with E-state index in [2.05, 4.69) is 32.3 Å². The van der Waals surface area contributed by atoms with Gasteiger partial charge in [-0.1, -0.05) is 66.0 Å². The van der Waals surface area contributed by atoms with Crippen LogP contribution < -0.4 is 15.0 Å². The van der Waals surface area contributed by atoms with Crippen LogP contribution in [0.4, 0.5) is 5.69 Å². The fourth-order valence-electron chi connectivity index (χ4n) is 3.85. The number of nitrogens with zero attached hydrogens (tertiary/aromatic N) is 3. The van der Waals surface area contributed by atoms with Crippen LogP contribution in [-0.2, 0) is 6.42 Å². The van der Waals surface area contributed by atoms with E-state index >= 15 is 0 Å². The van der Waals surface area contributed by atoms with Gasteiger partial charge in [0.1, 0.15) is 29.2 Å². The molecule has 0 saturated heterocycles. The zero-order valence-electron chi connectivity index (χ0n) is 19.9. The van der Waals surface area contributed by atoms with Crippen LogP contribution >= 0.6 is 23.8 Å². The molecule has 0 radical (unpaired) electrons. The molecule has 1 aliphatic heterocycles. The van der Waals surface area contributed by atoms with Crippen LogP contribution in [-0.4, -0.2) is 45.8 Å². The van der Waals surface area contributed by atoms with E-state index in [0.717, 1.165) is 22.4 Å². The van der Waals surface area contributed by atoms with Gasteiger partial charge in [0.25, 0.3) is 5.91 Å². The number of amides is 1. The lowest BCUT2D eigenvalue weighted by Crippen LogP contribution is -2.48. The molecule has 0 bridgehead atoms. The molecule has 1 aliphatic rings. The minimum atomic E-state index is -0.542. The summed E-state index contributed by atoms with van der Waals surface area (Å²) in [7, 11) is 1.84. The molecule has 7 nitrogen and oxygen atoms in total. The molecule has 0 spiro atoms. The molecule has 184 valence electrons. The maximum absolute atomic E-state index is 12.9. The molecule has 2 N–H and O–H groups in total. The summed E-state index contributed by atoms with van der Waals surface area (Å²) in [5.41, 5.74) is 3.51. The first-order valence-electron chi connectivity index (χ1n) is 11.5. The van der Waals surface area contributed by atoms with E-state index in [0.29, 0.717) is 28.0 Å². The maximum atomic E-state index is 12.9. The topological polar surface area (TPSA) is 83.1 Å². The quantitative estimate of drug-likeness (QED) is 0.302. The number of benzene rings is 3. The zero-order valence-corrected chi connectivity index (χ0v) is 21.4. The first kappa shape index (κ1) is 24.5. The van der Waals surface area contributed by atoms with Crippen molar-refractivity contribution in [2.75, 3.05) is 18.6 Å². The number of rotatable bonds is 4. The zero-order chi connectivity index (χ0) is 25.8. The summed E-state index contributed by atoms with van der Waals surface area (Å²) in [5, 5.41) is 10.5. The van der Waals surface area contributed by atoms with Crippen molar-refractivity contribution in [1.29, 1.82) is 0 Å². The predicted octanol–water partition coefficient (Wildman–Crippen LogP) is 4.40.